The molecule has 1 aromatic carbocycles. The molecule has 0 saturated carbocycles. The summed E-state index contributed by atoms with van der Waals surface area (Å²) >= 11 is 12.0. The van der Waals surface area contributed by atoms with Crippen molar-refractivity contribution >= 4 is 39.6 Å². The minimum atomic E-state index is -3.75. The van der Waals surface area contributed by atoms with Crippen molar-refractivity contribution in [3.8, 4) is 5.75 Å². The number of hydrogen-bond donors (Lipinski definition) is 0. The predicted molar refractivity (Wildman–Crippen MR) is 79.4 cm³/mol. The summed E-state index contributed by atoms with van der Waals surface area (Å²) < 4.78 is 31.5. The van der Waals surface area contributed by atoms with E-state index >= 15 is 0 Å². The molecule has 116 valence electrons. The Kier molecular flexibility index (Phi) is 4.98. The molecular formula is C12H14Cl2N2O4S. The summed E-state index contributed by atoms with van der Waals surface area (Å²) in [6.07, 6.45) is 0.710. The lowest BCUT2D eigenvalue weighted by atomic mass is 10.3. The van der Waals surface area contributed by atoms with Gasteiger partial charge in [-0.1, -0.05) is 23.2 Å². The van der Waals surface area contributed by atoms with E-state index in [1.807, 2.05) is 0 Å². The molecule has 1 aliphatic heterocycles. The number of nitrogens with zero attached hydrogens (tertiary/aromatic N) is 2. The molecule has 21 heavy (non-hydrogen) atoms. The maximum atomic E-state index is 12.6. The fourth-order valence-corrected chi connectivity index (χ4v) is 4.30. The van der Waals surface area contributed by atoms with E-state index in [0.29, 0.717) is 25.2 Å². The predicted octanol–water partition coefficient (Wildman–Crippen LogP) is 1.46. The third-order valence-electron chi connectivity index (χ3n) is 3.27. The highest BCUT2D eigenvalue weighted by Gasteiger charge is 2.31. The van der Waals surface area contributed by atoms with Gasteiger partial charge < -0.3 is 9.64 Å². The van der Waals surface area contributed by atoms with Gasteiger partial charge in [0.25, 0.3) is 0 Å². The fourth-order valence-electron chi connectivity index (χ4n) is 2.06. The molecule has 6 nitrogen and oxygen atoms in total. The molecule has 1 aliphatic rings. The third kappa shape index (κ3) is 3.11. The molecule has 9 heteroatoms. The number of piperazine rings is 1. The Morgan fingerprint density at radius 3 is 2.29 bits per heavy atom. The number of rotatable bonds is 4. The van der Waals surface area contributed by atoms with Crippen molar-refractivity contribution < 1.29 is 17.9 Å². The van der Waals surface area contributed by atoms with Crippen LogP contribution in [0.3, 0.4) is 0 Å². The largest absolute Gasteiger partial charge is 0.495 e. The molecule has 1 amide bonds. The first kappa shape index (κ1) is 16.4. The zero-order valence-electron chi connectivity index (χ0n) is 11.3. The van der Waals surface area contributed by atoms with E-state index in [1.165, 1.54) is 28.4 Å². The maximum Gasteiger partial charge on any atom is 0.244 e. The third-order valence-corrected chi connectivity index (χ3v) is 6.19. The van der Waals surface area contributed by atoms with E-state index in [4.69, 9.17) is 27.9 Å². The first-order valence-electron chi connectivity index (χ1n) is 6.13. The highest BCUT2D eigenvalue weighted by atomic mass is 35.5. The second kappa shape index (κ2) is 6.39. The molecule has 0 atom stereocenters. The topological polar surface area (TPSA) is 66.9 Å². The van der Waals surface area contributed by atoms with Crippen molar-refractivity contribution in [3.05, 3.63) is 22.2 Å². The van der Waals surface area contributed by atoms with Crippen LogP contribution in [0.15, 0.2) is 17.0 Å². The lowest BCUT2D eigenvalue weighted by Gasteiger charge is -2.31. The summed E-state index contributed by atoms with van der Waals surface area (Å²) in [7, 11) is -2.33. The van der Waals surface area contributed by atoms with E-state index < -0.39 is 10.0 Å². The SMILES string of the molecule is COc1ccc(S(=O)(=O)N2CCN(C=O)CC2)c(Cl)c1Cl. The van der Waals surface area contributed by atoms with Crippen LogP contribution in [0.1, 0.15) is 0 Å². The first-order chi connectivity index (χ1) is 9.91. The Bertz CT molecular complexity index is 643. The van der Waals surface area contributed by atoms with Gasteiger partial charge in [0, 0.05) is 26.2 Å². The highest BCUT2D eigenvalue weighted by molar-refractivity contribution is 7.89. The van der Waals surface area contributed by atoms with Crippen LogP contribution in [0, 0.1) is 0 Å². The van der Waals surface area contributed by atoms with Crippen LogP contribution in [0.5, 0.6) is 5.75 Å². The Morgan fingerprint density at radius 2 is 1.76 bits per heavy atom. The van der Waals surface area contributed by atoms with Gasteiger partial charge >= 0.3 is 0 Å². The number of halogens is 2. The second-order valence-electron chi connectivity index (χ2n) is 4.44. The molecule has 0 radical (unpaired) electrons. The summed E-state index contributed by atoms with van der Waals surface area (Å²) in [5.74, 6) is 0.311. The van der Waals surface area contributed by atoms with Gasteiger partial charge in [-0.15, -0.1) is 0 Å². The van der Waals surface area contributed by atoms with Gasteiger partial charge in [-0.05, 0) is 12.1 Å². The average molecular weight is 353 g/mol. The van der Waals surface area contributed by atoms with Gasteiger partial charge in [0.2, 0.25) is 16.4 Å². The molecule has 0 aliphatic carbocycles. The molecule has 0 unspecified atom stereocenters. The standard InChI is InChI=1S/C12H14Cl2N2O4S/c1-20-9-2-3-10(12(14)11(9)13)21(18,19)16-6-4-15(8-17)5-7-16/h2-3,8H,4-7H2,1H3. The van der Waals surface area contributed by atoms with Crippen LogP contribution in [0.25, 0.3) is 0 Å². The summed E-state index contributed by atoms with van der Waals surface area (Å²) in [5.41, 5.74) is 0. The number of hydrogen-bond acceptors (Lipinski definition) is 4. The second-order valence-corrected chi connectivity index (χ2v) is 7.10. The van der Waals surface area contributed by atoms with Gasteiger partial charge in [-0.25, -0.2) is 8.42 Å². The monoisotopic (exact) mass is 352 g/mol. The van der Waals surface area contributed by atoms with Crippen LogP contribution in [-0.4, -0.2) is 57.3 Å². The van der Waals surface area contributed by atoms with Gasteiger partial charge in [-0.3, -0.25) is 4.79 Å². The van der Waals surface area contributed by atoms with E-state index in [1.54, 1.807) is 0 Å². The Balaban J connectivity index is 2.33. The number of methoxy groups -OCH3 is 1. The summed E-state index contributed by atoms with van der Waals surface area (Å²) in [5, 5.41) is 0.000558. The normalized spacial score (nSPS) is 16.8. The Morgan fingerprint density at radius 1 is 1.14 bits per heavy atom. The van der Waals surface area contributed by atoms with E-state index in [-0.39, 0.29) is 28.0 Å². The Hall–Kier alpha value is -1.02. The summed E-state index contributed by atoms with van der Waals surface area (Å²) in [6, 6.07) is 2.83. The van der Waals surface area contributed by atoms with Crippen LogP contribution in [0.2, 0.25) is 10.0 Å². The van der Waals surface area contributed by atoms with Crippen molar-refractivity contribution in [1.82, 2.24) is 9.21 Å². The average Bonchev–Trinajstić information content (AvgIpc) is 2.49. The molecular weight excluding hydrogens is 339 g/mol. The number of carbonyl (C=O) groups excluding carboxylic acids is 1. The first-order valence-corrected chi connectivity index (χ1v) is 8.33. The van der Waals surface area contributed by atoms with Crippen LogP contribution in [-0.2, 0) is 14.8 Å². The van der Waals surface area contributed by atoms with Gasteiger partial charge in [0.05, 0.1) is 12.1 Å². The van der Waals surface area contributed by atoms with Crippen LogP contribution < -0.4 is 4.74 Å². The fraction of sp³-hybridized carbons (Fsp3) is 0.417. The van der Waals surface area contributed by atoms with E-state index in [9.17, 15) is 13.2 Å². The maximum absolute atomic E-state index is 12.6. The zero-order valence-corrected chi connectivity index (χ0v) is 13.6. The van der Waals surface area contributed by atoms with Crippen molar-refractivity contribution in [2.24, 2.45) is 0 Å². The molecule has 0 spiro atoms. The highest BCUT2D eigenvalue weighted by Crippen LogP contribution is 2.37. The molecule has 1 fully saturated rings. The van der Waals surface area contributed by atoms with E-state index in [0.717, 1.165) is 0 Å². The molecule has 2 rings (SSSR count). The smallest absolute Gasteiger partial charge is 0.244 e. The van der Waals surface area contributed by atoms with Gasteiger partial charge in [0.15, 0.2) is 0 Å². The molecule has 0 bridgehead atoms. The lowest BCUT2D eigenvalue weighted by Crippen LogP contribution is -2.48. The number of carbonyl (C=O) groups is 1. The number of sulfonamides is 1. The molecule has 0 aromatic heterocycles. The van der Waals surface area contributed by atoms with Crippen molar-refractivity contribution in [2.45, 2.75) is 4.90 Å². The van der Waals surface area contributed by atoms with E-state index in [2.05, 4.69) is 0 Å². The van der Waals surface area contributed by atoms with Gasteiger partial charge in [0.1, 0.15) is 15.7 Å². The lowest BCUT2D eigenvalue weighted by molar-refractivity contribution is -0.119. The summed E-state index contributed by atoms with van der Waals surface area (Å²) in [6.45, 7) is 1.15. The number of ether oxygens (including phenoxy) is 1. The van der Waals surface area contributed by atoms with Crippen LogP contribution >= 0.6 is 23.2 Å². The minimum absolute atomic E-state index is 0.0606. The number of amides is 1. The van der Waals surface area contributed by atoms with Crippen molar-refractivity contribution in [2.75, 3.05) is 33.3 Å². The number of benzene rings is 1. The summed E-state index contributed by atoms with van der Waals surface area (Å²) in [4.78, 5) is 12.1. The molecule has 0 N–H and O–H groups in total. The quantitative estimate of drug-likeness (QED) is 0.769. The Labute approximate surface area is 133 Å². The van der Waals surface area contributed by atoms with Crippen LogP contribution in [0.4, 0.5) is 0 Å². The van der Waals surface area contributed by atoms with Crippen molar-refractivity contribution in [1.29, 1.82) is 0 Å². The van der Waals surface area contributed by atoms with Gasteiger partial charge in [-0.2, -0.15) is 4.31 Å². The molecule has 1 heterocycles. The molecule has 1 aromatic rings. The van der Waals surface area contributed by atoms with Crippen molar-refractivity contribution in [3.63, 3.8) is 0 Å². The minimum Gasteiger partial charge on any atom is -0.495 e. The zero-order chi connectivity index (χ0) is 15.6. The molecule has 1 saturated heterocycles.